The highest BCUT2D eigenvalue weighted by Gasteiger charge is 2.43. The lowest BCUT2D eigenvalue weighted by atomic mass is 9.74. The van der Waals surface area contributed by atoms with Crippen molar-refractivity contribution >= 4 is 69.1 Å². The lowest BCUT2D eigenvalue weighted by molar-refractivity contribution is -0.153. The summed E-state index contributed by atoms with van der Waals surface area (Å²) in [4.78, 5) is 79.2. The standard InChI is InChI=1S/C41H42N4O10/c1-6-23-20(2)27-16-30-25-7-8-26(39(52)54-4)38(40(53)55-5)37(25)32(45-30)17-28-21(3)24(9-10-34(46)47)31(44-28)18-33-41(13-11-35(48)49,14-12-36(50)51)19-22(42-33)15-29(23)43-27/h6-8,15-18,26,38,43-44H,1,9-14,19H2,2-5H3,(H,46,47)(H,48,49)(H,50,51). The SMILES string of the molecule is C=Cc1c(C)c2cc3nc(cc4[nH]c(cc5nc(cc1[nH]2)CC5(CCC(=O)O)CCC(=O)O)c(CCC(=O)O)c4C)C1=C3C=CC(C(=O)OC)C1C(=O)OC. The molecule has 286 valence electrons. The molecule has 2 atom stereocenters. The molecule has 8 bridgehead atoms. The second-order valence-electron chi connectivity index (χ2n) is 14.1. The van der Waals surface area contributed by atoms with Gasteiger partial charge in [0.05, 0.1) is 31.5 Å². The molecule has 3 aliphatic rings. The van der Waals surface area contributed by atoms with Crippen LogP contribution in [0.3, 0.4) is 0 Å². The third-order valence-electron chi connectivity index (χ3n) is 10.9. The van der Waals surface area contributed by atoms with E-state index in [0.717, 1.165) is 11.1 Å². The molecular formula is C41H42N4O10. The van der Waals surface area contributed by atoms with E-state index in [2.05, 4.69) is 16.5 Å². The normalized spacial score (nSPS) is 17.0. The number of rotatable bonds is 12. The van der Waals surface area contributed by atoms with Crippen molar-refractivity contribution in [2.75, 3.05) is 14.2 Å². The topological polar surface area (TPSA) is 222 Å². The van der Waals surface area contributed by atoms with Crippen LogP contribution in [0.2, 0.25) is 0 Å². The molecule has 0 saturated heterocycles. The van der Waals surface area contributed by atoms with Crippen LogP contribution >= 0.6 is 0 Å². The summed E-state index contributed by atoms with van der Waals surface area (Å²) < 4.78 is 10.3. The number of methoxy groups -OCH3 is 2. The molecule has 5 N–H and O–H groups in total. The van der Waals surface area contributed by atoms with Gasteiger partial charge < -0.3 is 34.8 Å². The number of H-pyrrole nitrogens is 2. The van der Waals surface area contributed by atoms with Crippen molar-refractivity contribution in [1.29, 1.82) is 0 Å². The average Bonchev–Trinajstić information content (AvgIpc) is 3.85. The minimum absolute atomic E-state index is 0.109. The second kappa shape index (κ2) is 15.2. The highest BCUT2D eigenvalue weighted by atomic mass is 16.5. The van der Waals surface area contributed by atoms with Crippen molar-refractivity contribution in [3.05, 3.63) is 88.0 Å². The number of carbonyl (C=O) groups excluding carboxylic acids is 2. The van der Waals surface area contributed by atoms with E-state index in [4.69, 9.17) is 19.4 Å². The zero-order valence-corrected chi connectivity index (χ0v) is 30.9. The van der Waals surface area contributed by atoms with E-state index >= 15 is 0 Å². The molecule has 2 unspecified atom stereocenters. The van der Waals surface area contributed by atoms with Gasteiger partial charge in [0.15, 0.2) is 0 Å². The zero-order chi connectivity index (χ0) is 39.8. The molecule has 5 heterocycles. The Morgan fingerprint density at radius 1 is 0.818 bits per heavy atom. The second-order valence-corrected chi connectivity index (χ2v) is 14.1. The number of hydrogen-bond donors (Lipinski definition) is 5. The molecule has 14 nitrogen and oxygen atoms in total. The Hall–Kier alpha value is -6.31. The lowest BCUT2D eigenvalue weighted by Gasteiger charge is -2.28. The van der Waals surface area contributed by atoms with Crippen LogP contribution in [-0.2, 0) is 51.7 Å². The summed E-state index contributed by atoms with van der Waals surface area (Å²) in [6.07, 6.45) is 5.01. The minimum atomic E-state index is -1.10. The molecule has 14 heteroatoms. The number of hydrogen-bond acceptors (Lipinski definition) is 9. The van der Waals surface area contributed by atoms with Gasteiger partial charge in [0, 0.05) is 81.3 Å². The Morgan fingerprint density at radius 3 is 2.05 bits per heavy atom. The van der Waals surface area contributed by atoms with Gasteiger partial charge in [-0.25, -0.2) is 4.98 Å². The van der Waals surface area contributed by atoms with Crippen LogP contribution in [0.5, 0.6) is 0 Å². The van der Waals surface area contributed by atoms with Crippen LogP contribution in [0, 0.1) is 25.7 Å². The smallest absolute Gasteiger partial charge is 0.314 e. The van der Waals surface area contributed by atoms with Gasteiger partial charge in [0.25, 0.3) is 0 Å². The van der Waals surface area contributed by atoms with Gasteiger partial charge in [0.1, 0.15) is 5.92 Å². The number of fused-ring (bicyclic) bond motifs is 10. The van der Waals surface area contributed by atoms with Crippen molar-refractivity contribution in [3.63, 3.8) is 0 Å². The number of nitrogens with one attached hydrogen (secondary N) is 2. The monoisotopic (exact) mass is 750 g/mol. The number of carboxylic acids is 3. The van der Waals surface area contributed by atoms with Crippen LogP contribution in [0.25, 0.3) is 39.3 Å². The fourth-order valence-corrected chi connectivity index (χ4v) is 8.00. The van der Waals surface area contributed by atoms with Crippen LogP contribution in [-0.4, -0.2) is 79.3 Å². The highest BCUT2D eigenvalue weighted by molar-refractivity contribution is 6.08. The molecule has 0 fully saturated rings. The summed E-state index contributed by atoms with van der Waals surface area (Å²) in [6, 6.07) is 7.20. The number of allylic oxidation sites excluding steroid dienone is 2. The molecule has 0 amide bonds. The molecule has 0 radical (unpaired) electrons. The number of aliphatic carboxylic acids is 3. The first-order chi connectivity index (χ1) is 26.2. The van der Waals surface area contributed by atoms with E-state index in [1.54, 1.807) is 30.4 Å². The summed E-state index contributed by atoms with van der Waals surface area (Å²) in [7, 11) is 2.49. The number of nitrogens with zero attached hydrogens (tertiary/aromatic N) is 2. The van der Waals surface area contributed by atoms with Crippen LogP contribution in [0.4, 0.5) is 0 Å². The Bertz CT molecular complexity index is 2360. The van der Waals surface area contributed by atoms with Crippen molar-refractivity contribution in [2.24, 2.45) is 11.8 Å². The maximum absolute atomic E-state index is 13.5. The number of aromatic amines is 2. The maximum Gasteiger partial charge on any atom is 0.314 e. The Kier molecular flexibility index (Phi) is 10.6. The first-order valence-electron chi connectivity index (χ1n) is 17.8. The lowest BCUT2D eigenvalue weighted by Crippen LogP contribution is -2.33. The third-order valence-corrected chi connectivity index (χ3v) is 10.9. The number of carboxylic acid groups (broad SMARTS) is 3. The predicted octanol–water partition coefficient (Wildman–Crippen LogP) is 5.86. The van der Waals surface area contributed by atoms with Crippen molar-refractivity contribution < 1.29 is 48.8 Å². The van der Waals surface area contributed by atoms with Crippen LogP contribution in [0.15, 0.2) is 43.0 Å². The molecule has 55 heavy (non-hydrogen) atoms. The number of aryl methyl sites for hydroxylation is 3. The fourth-order valence-electron chi connectivity index (χ4n) is 8.00. The van der Waals surface area contributed by atoms with Gasteiger partial charge in [-0.1, -0.05) is 24.8 Å². The quantitative estimate of drug-likeness (QED) is 0.137. The molecule has 1 aliphatic carbocycles. The van der Waals surface area contributed by atoms with E-state index in [0.29, 0.717) is 67.1 Å². The molecule has 2 aliphatic heterocycles. The Balaban J connectivity index is 1.76. The van der Waals surface area contributed by atoms with Gasteiger partial charge >= 0.3 is 29.8 Å². The molecule has 0 spiro atoms. The van der Waals surface area contributed by atoms with E-state index < -0.39 is 47.1 Å². The van der Waals surface area contributed by atoms with Gasteiger partial charge in [-0.3, -0.25) is 29.0 Å². The van der Waals surface area contributed by atoms with Crippen molar-refractivity contribution in [2.45, 2.75) is 64.2 Å². The van der Waals surface area contributed by atoms with Gasteiger partial charge in [-0.05, 0) is 74.1 Å². The van der Waals surface area contributed by atoms with Gasteiger partial charge in [0.2, 0.25) is 0 Å². The summed E-state index contributed by atoms with van der Waals surface area (Å²) >= 11 is 0. The molecule has 6 rings (SSSR count). The summed E-state index contributed by atoms with van der Waals surface area (Å²) in [5, 5.41) is 29.2. The zero-order valence-electron chi connectivity index (χ0n) is 30.9. The van der Waals surface area contributed by atoms with E-state index in [1.165, 1.54) is 14.2 Å². The highest BCUT2D eigenvalue weighted by Crippen LogP contribution is 2.45. The maximum atomic E-state index is 13.5. The van der Waals surface area contributed by atoms with Crippen molar-refractivity contribution in [3.8, 4) is 0 Å². The number of esters is 2. The molecule has 0 aromatic carbocycles. The Labute approximate surface area is 315 Å². The van der Waals surface area contributed by atoms with E-state index in [1.807, 2.05) is 26.0 Å². The first-order valence-corrected chi connectivity index (χ1v) is 17.8. The molecular weight excluding hydrogens is 708 g/mol. The van der Waals surface area contributed by atoms with Gasteiger partial charge in [-0.2, -0.15) is 0 Å². The third kappa shape index (κ3) is 7.31. The number of ether oxygens (including phenoxy) is 2. The minimum Gasteiger partial charge on any atom is -0.481 e. The average molecular weight is 751 g/mol. The molecule has 3 aromatic rings. The molecule has 3 aromatic heterocycles. The molecule has 0 saturated carbocycles. The largest absolute Gasteiger partial charge is 0.481 e. The van der Waals surface area contributed by atoms with Gasteiger partial charge in [-0.15, -0.1) is 0 Å². The van der Waals surface area contributed by atoms with Crippen molar-refractivity contribution in [1.82, 2.24) is 19.9 Å². The number of aromatic nitrogens is 4. The summed E-state index contributed by atoms with van der Waals surface area (Å²) in [5.74, 6) is -6.47. The van der Waals surface area contributed by atoms with Crippen LogP contribution < -0.4 is 0 Å². The fraction of sp³-hybridized carbons (Fsp3) is 0.341. The number of carbonyl (C=O) groups is 5. The first kappa shape index (κ1) is 38.4. The Morgan fingerprint density at radius 2 is 1.44 bits per heavy atom. The van der Waals surface area contributed by atoms with Crippen LogP contribution in [0.1, 0.15) is 77.1 Å². The summed E-state index contributed by atoms with van der Waals surface area (Å²) in [5.41, 5.74) is 7.40. The van der Waals surface area contributed by atoms with E-state index in [9.17, 15) is 39.3 Å². The summed E-state index contributed by atoms with van der Waals surface area (Å²) in [6.45, 7) is 7.78. The predicted molar refractivity (Wildman–Crippen MR) is 203 cm³/mol. The van der Waals surface area contributed by atoms with E-state index in [-0.39, 0.29) is 44.9 Å².